The monoisotopic (exact) mass is 340 g/mol. The Morgan fingerprint density at radius 1 is 0.615 bits per heavy atom. The minimum atomic E-state index is 1.10. The average Bonchev–Trinajstić information content (AvgIpc) is 3.15. The quantitative estimate of drug-likeness (QED) is 0.551. The molecule has 0 unspecified atom stereocenters. The molecule has 2 radical (unpaired) electrons. The van der Waals surface area contributed by atoms with Gasteiger partial charge in [-0.15, -0.1) is 0 Å². The van der Waals surface area contributed by atoms with Crippen molar-refractivity contribution < 1.29 is 0 Å². The highest BCUT2D eigenvalue weighted by atomic mass is 14.3. The van der Waals surface area contributed by atoms with Gasteiger partial charge in [-0.2, -0.15) is 0 Å². The molecule has 0 nitrogen and oxygen atoms in total. The van der Waals surface area contributed by atoms with Gasteiger partial charge in [-0.25, -0.2) is 0 Å². The molecule has 0 saturated heterocycles. The van der Waals surface area contributed by atoms with Gasteiger partial charge in [0.05, 0.1) is 0 Å². The second kappa shape index (κ2) is 6.91. The Morgan fingerprint density at radius 3 is 1.42 bits per heavy atom. The molecule has 0 amide bonds. The predicted molar refractivity (Wildman–Crippen MR) is 113 cm³/mol. The van der Waals surface area contributed by atoms with Crippen LogP contribution in [0.1, 0.15) is 73.9 Å². The maximum Gasteiger partial charge on any atom is 0.0164 e. The normalized spacial score (nSPS) is 15.7. The van der Waals surface area contributed by atoms with Gasteiger partial charge in [-0.1, -0.05) is 61.4 Å². The van der Waals surface area contributed by atoms with Gasteiger partial charge < -0.3 is 0 Å². The van der Waals surface area contributed by atoms with Crippen LogP contribution in [0.2, 0.25) is 0 Å². The van der Waals surface area contributed by atoms with Crippen molar-refractivity contribution in [3.63, 3.8) is 0 Å². The molecule has 2 aromatic carbocycles. The van der Waals surface area contributed by atoms with Crippen LogP contribution in [0.15, 0.2) is 47.5 Å². The minimum absolute atomic E-state index is 1.10. The fourth-order valence-electron chi connectivity index (χ4n) is 4.74. The van der Waals surface area contributed by atoms with Crippen LogP contribution in [0.4, 0.5) is 0 Å². The molecule has 0 atom stereocenters. The van der Waals surface area contributed by atoms with E-state index in [0.29, 0.717) is 0 Å². The number of hydrogen-bond donors (Lipinski definition) is 0. The van der Waals surface area contributed by atoms with E-state index in [9.17, 15) is 0 Å². The Kier molecular flexibility index (Phi) is 4.61. The first kappa shape index (κ1) is 17.3. The SMILES string of the molecule is CCc1cccc2c1C(CCC1=C(C)[CH]c3cccc(CC)c31)=C(C)[CH]2. The van der Waals surface area contributed by atoms with E-state index in [2.05, 4.69) is 76.9 Å². The summed E-state index contributed by atoms with van der Waals surface area (Å²) in [6.45, 7) is 9.09. The van der Waals surface area contributed by atoms with Gasteiger partial charge in [0.2, 0.25) is 0 Å². The van der Waals surface area contributed by atoms with Gasteiger partial charge in [-0.05, 0) is 84.1 Å². The summed E-state index contributed by atoms with van der Waals surface area (Å²) in [7, 11) is 0. The second-order valence-corrected chi connectivity index (χ2v) is 7.58. The highest BCUT2D eigenvalue weighted by molar-refractivity contribution is 5.86. The van der Waals surface area contributed by atoms with Crippen molar-refractivity contribution in [2.75, 3.05) is 0 Å². The zero-order valence-electron chi connectivity index (χ0n) is 16.4. The summed E-state index contributed by atoms with van der Waals surface area (Å²) in [5.41, 5.74) is 14.8. The summed E-state index contributed by atoms with van der Waals surface area (Å²) in [6.07, 6.45) is 9.21. The largest absolute Gasteiger partial charge is 0.0617 e. The third-order valence-electron chi connectivity index (χ3n) is 6.05. The van der Waals surface area contributed by atoms with Gasteiger partial charge in [0.1, 0.15) is 0 Å². The second-order valence-electron chi connectivity index (χ2n) is 7.58. The van der Waals surface area contributed by atoms with E-state index in [1.165, 1.54) is 44.5 Å². The molecule has 0 saturated carbocycles. The number of rotatable bonds is 5. The molecular weight excluding hydrogens is 312 g/mol. The van der Waals surface area contributed by atoms with E-state index in [1.54, 1.807) is 11.1 Å². The summed E-state index contributed by atoms with van der Waals surface area (Å²) in [6, 6.07) is 13.5. The smallest absolute Gasteiger partial charge is 0.0164 e. The van der Waals surface area contributed by atoms with Crippen molar-refractivity contribution in [3.8, 4) is 0 Å². The molecule has 2 aliphatic carbocycles. The fraction of sp³-hybridized carbons (Fsp3) is 0.308. The topological polar surface area (TPSA) is 0 Å². The van der Waals surface area contributed by atoms with Gasteiger partial charge >= 0.3 is 0 Å². The summed E-state index contributed by atoms with van der Waals surface area (Å²) in [5, 5.41) is 0. The molecule has 0 aliphatic heterocycles. The first-order valence-electron chi connectivity index (χ1n) is 9.97. The van der Waals surface area contributed by atoms with Crippen molar-refractivity contribution in [3.05, 3.63) is 93.8 Å². The van der Waals surface area contributed by atoms with Crippen LogP contribution in [0, 0.1) is 12.8 Å². The lowest BCUT2D eigenvalue weighted by Gasteiger charge is -2.15. The van der Waals surface area contributed by atoms with Gasteiger partial charge in [0, 0.05) is 12.8 Å². The molecule has 0 aromatic heterocycles. The molecule has 2 aromatic rings. The van der Waals surface area contributed by atoms with Crippen LogP contribution in [0.25, 0.3) is 11.1 Å². The van der Waals surface area contributed by atoms with Crippen molar-refractivity contribution in [1.82, 2.24) is 0 Å². The maximum absolute atomic E-state index is 2.37. The van der Waals surface area contributed by atoms with Crippen molar-refractivity contribution in [2.24, 2.45) is 0 Å². The summed E-state index contributed by atoms with van der Waals surface area (Å²) in [5.74, 6) is 0. The molecule has 0 heterocycles. The summed E-state index contributed by atoms with van der Waals surface area (Å²) < 4.78 is 0. The molecule has 0 spiro atoms. The van der Waals surface area contributed by atoms with Crippen LogP contribution >= 0.6 is 0 Å². The van der Waals surface area contributed by atoms with Crippen molar-refractivity contribution >= 4 is 11.1 Å². The third kappa shape index (κ3) is 2.76. The first-order valence-corrected chi connectivity index (χ1v) is 9.97. The lowest BCUT2D eigenvalue weighted by molar-refractivity contribution is 1.05. The molecule has 0 heteroatoms. The van der Waals surface area contributed by atoms with E-state index in [4.69, 9.17) is 0 Å². The van der Waals surface area contributed by atoms with Crippen LogP contribution in [-0.4, -0.2) is 0 Å². The van der Waals surface area contributed by atoms with Crippen LogP contribution in [0.3, 0.4) is 0 Å². The molecule has 132 valence electrons. The maximum atomic E-state index is 2.37. The number of hydrogen-bond acceptors (Lipinski definition) is 0. The number of fused-ring (bicyclic) bond motifs is 2. The Bertz CT molecular complexity index is 844. The molecule has 0 N–H and O–H groups in total. The third-order valence-corrected chi connectivity index (χ3v) is 6.05. The zero-order chi connectivity index (χ0) is 18.3. The van der Waals surface area contributed by atoms with E-state index in [0.717, 1.165) is 25.7 Å². The van der Waals surface area contributed by atoms with E-state index in [1.807, 2.05) is 0 Å². The Labute approximate surface area is 158 Å². The summed E-state index contributed by atoms with van der Waals surface area (Å²) in [4.78, 5) is 0. The zero-order valence-corrected chi connectivity index (χ0v) is 16.4. The van der Waals surface area contributed by atoms with Gasteiger partial charge in [0.15, 0.2) is 0 Å². The lowest BCUT2D eigenvalue weighted by Crippen LogP contribution is -1.96. The fourth-order valence-corrected chi connectivity index (χ4v) is 4.74. The van der Waals surface area contributed by atoms with E-state index in [-0.39, 0.29) is 0 Å². The Hall–Kier alpha value is -2.08. The van der Waals surface area contributed by atoms with E-state index < -0.39 is 0 Å². The molecule has 0 bridgehead atoms. The van der Waals surface area contributed by atoms with Crippen molar-refractivity contribution in [2.45, 2.75) is 53.4 Å². The number of benzene rings is 2. The van der Waals surface area contributed by atoms with Crippen LogP contribution in [-0.2, 0) is 12.8 Å². The Balaban J connectivity index is 1.65. The summed E-state index contributed by atoms with van der Waals surface area (Å²) >= 11 is 0. The van der Waals surface area contributed by atoms with Crippen LogP contribution < -0.4 is 0 Å². The number of allylic oxidation sites excluding steroid dienone is 4. The minimum Gasteiger partial charge on any atom is -0.0617 e. The standard InChI is InChI=1S/C26H28/c1-5-19-9-7-11-21-15-17(3)23(25(19)21)13-14-24-18(4)16-22-12-8-10-20(6-2)26(22)24/h7-12,15-16H,5-6,13-14H2,1-4H3. The predicted octanol–water partition coefficient (Wildman–Crippen LogP) is 6.97. The van der Waals surface area contributed by atoms with Crippen LogP contribution in [0.5, 0.6) is 0 Å². The van der Waals surface area contributed by atoms with E-state index >= 15 is 0 Å². The van der Waals surface area contributed by atoms with Gasteiger partial charge in [-0.3, -0.25) is 0 Å². The highest BCUT2D eigenvalue weighted by Crippen LogP contribution is 2.44. The molecule has 4 rings (SSSR count). The van der Waals surface area contributed by atoms with Gasteiger partial charge in [0.25, 0.3) is 0 Å². The first-order chi connectivity index (χ1) is 12.6. The molecule has 26 heavy (non-hydrogen) atoms. The van der Waals surface area contributed by atoms with Crippen molar-refractivity contribution in [1.29, 1.82) is 0 Å². The number of aryl methyl sites for hydroxylation is 2. The average molecular weight is 341 g/mol. The molecule has 2 aliphatic rings. The lowest BCUT2D eigenvalue weighted by atomic mass is 9.90. The highest BCUT2D eigenvalue weighted by Gasteiger charge is 2.25. The Morgan fingerprint density at radius 2 is 1.04 bits per heavy atom. The molecule has 0 fully saturated rings. The molecular formula is C26H28.